The fourth-order valence-corrected chi connectivity index (χ4v) is 2.78. The van der Waals surface area contributed by atoms with Gasteiger partial charge in [-0.3, -0.25) is 0 Å². The average Bonchev–Trinajstić information content (AvgIpc) is 3.22. The highest BCUT2D eigenvalue weighted by atomic mass is 15.2. The van der Waals surface area contributed by atoms with E-state index in [0.717, 1.165) is 24.4 Å². The van der Waals surface area contributed by atoms with Gasteiger partial charge >= 0.3 is 0 Å². The minimum atomic E-state index is 0.392. The lowest BCUT2D eigenvalue weighted by Gasteiger charge is -2.13. The molecule has 0 amide bonds. The average molecular weight is 269 g/mol. The molecule has 3 heteroatoms. The Kier molecular flexibility index (Phi) is 3.51. The first-order chi connectivity index (χ1) is 9.66. The van der Waals surface area contributed by atoms with Gasteiger partial charge in [0.25, 0.3) is 0 Å². The lowest BCUT2D eigenvalue weighted by atomic mass is 10.1. The van der Waals surface area contributed by atoms with E-state index >= 15 is 0 Å². The van der Waals surface area contributed by atoms with Crippen LogP contribution < -0.4 is 5.73 Å². The van der Waals surface area contributed by atoms with E-state index in [0.29, 0.717) is 12.0 Å². The number of aromatic nitrogens is 2. The molecule has 1 aromatic carbocycles. The minimum absolute atomic E-state index is 0.392. The first-order valence-electron chi connectivity index (χ1n) is 7.57. The molecule has 20 heavy (non-hydrogen) atoms. The van der Waals surface area contributed by atoms with Crippen LogP contribution in [-0.2, 0) is 12.8 Å². The van der Waals surface area contributed by atoms with Crippen LogP contribution in [0.15, 0.2) is 30.3 Å². The standard InChI is InChI=1S/C17H23N3/c1-12(2)20-16(18)15(19-17(20)14-9-10-14)11-8-13-6-4-3-5-7-13/h3-7,12,14H,8-11,18H2,1-2H3. The maximum absolute atomic E-state index is 6.34. The van der Waals surface area contributed by atoms with Crippen molar-refractivity contribution in [2.24, 2.45) is 0 Å². The Morgan fingerprint density at radius 2 is 1.90 bits per heavy atom. The number of aryl methyl sites for hydroxylation is 2. The van der Waals surface area contributed by atoms with Crippen molar-refractivity contribution in [2.45, 2.75) is 51.5 Å². The molecule has 1 aliphatic carbocycles. The van der Waals surface area contributed by atoms with Crippen LogP contribution in [0.3, 0.4) is 0 Å². The number of imidazole rings is 1. The molecule has 0 saturated heterocycles. The van der Waals surface area contributed by atoms with E-state index in [1.807, 2.05) is 0 Å². The van der Waals surface area contributed by atoms with Crippen molar-refractivity contribution in [3.05, 3.63) is 47.4 Å². The van der Waals surface area contributed by atoms with E-state index in [1.165, 1.54) is 24.2 Å². The first-order valence-corrected chi connectivity index (χ1v) is 7.57. The first kappa shape index (κ1) is 13.2. The number of benzene rings is 1. The molecular weight excluding hydrogens is 246 g/mol. The monoisotopic (exact) mass is 269 g/mol. The Morgan fingerprint density at radius 1 is 1.20 bits per heavy atom. The zero-order chi connectivity index (χ0) is 14.1. The Hall–Kier alpha value is -1.77. The van der Waals surface area contributed by atoms with Gasteiger partial charge in [0.2, 0.25) is 0 Å². The number of nitrogens with two attached hydrogens (primary N) is 1. The third-order valence-electron chi connectivity index (χ3n) is 4.00. The molecule has 0 unspecified atom stereocenters. The van der Waals surface area contributed by atoms with E-state index in [9.17, 15) is 0 Å². The summed E-state index contributed by atoms with van der Waals surface area (Å²) in [6.45, 7) is 4.37. The zero-order valence-corrected chi connectivity index (χ0v) is 12.3. The molecule has 1 saturated carbocycles. The van der Waals surface area contributed by atoms with Gasteiger partial charge in [-0.2, -0.15) is 0 Å². The maximum atomic E-state index is 6.34. The largest absolute Gasteiger partial charge is 0.384 e. The molecule has 0 spiro atoms. The Labute approximate surface area is 120 Å². The Balaban J connectivity index is 1.81. The summed E-state index contributed by atoms with van der Waals surface area (Å²) < 4.78 is 2.23. The fraction of sp³-hybridized carbons (Fsp3) is 0.471. The summed E-state index contributed by atoms with van der Waals surface area (Å²) >= 11 is 0. The second kappa shape index (κ2) is 5.31. The van der Waals surface area contributed by atoms with Gasteiger partial charge in [0.15, 0.2) is 0 Å². The van der Waals surface area contributed by atoms with E-state index in [-0.39, 0.29) is 0 Å². The molecule has 1 fully saturated rings. The lowest BCUT2D eigenvalue weighted by molar-refractivity contribution is 0.576. The Morgan fingerprint density at radius 3 is 2.50 bits per heavy atom. The second-order valence-corrected chi connectivity index (χ2v) is 6.03. The van der Waals surface area contributed by atoms with Gasteiger partial charge in [0.05, 0.1) is 5.69 Å². The summed E-state index contributed by atoms with van der Waals surface area (Å²) in [5.74, 6) is 2.73. The highest BCUT2D eigenvalue weighted by Crippen LogP contribution is 2.41. The number of nitrogen functional groups attached to an aromatic ring is 1. The zero-order valence-electron chi connectivity index (χ0n) is 12.3. The molecule has 3 nitrogen and oxygen atoms in total. The molecule has 1 aliphatic rings. The van der Waals surface area contributed by atoms with Crippen LogP contribution in [0.25, 0.3) is 0 Å². The van der Waals surface area contributed by atoms with Crippen LogP contribution in [0.1, 0.15) is 55.7 Å². The third kappa shape index (κ3) is 2.58. The Bertz CT molecular complexity index is 580. The summed E-state index contributed by atoms with van der Waals surface area (Å²) in [6.07, 6.45) is 4.46. The summed E-state index contributed by atoms with van der Waals surface area (Å²) in [7, 11) is 0. The SMILES string of the molecule is CC(C)n1c(C2CC2)nc(CCc2ccccc2)c1N. The molecule has 3 rings (SSSR count). The van der Waals surface area contributed by atoms with Crippen molar-refractivity contribution in [3.63, 3.8) is 0 Å². The highest BCUT2D eigenvalue weighted by molar-refractivity contribution is 5.41. The van der Waals surface area contributed by atoms with Crippen molar-refractivity contribution >= 4 is 5.82 Å². The molecule has 1 heterocycles. The van der Waals surface area contributed by atoms with Crippen LogP contribution in [0, 0.1) is 0 Å². The fourth-order valence-electron chi connectivity index (χ4n) is 2.78. The topological polar surface area (TPSA) is 43.8 Å². The lowest BCUT2D eigenvalue weighted by Crippen LogP contribution is -2.09. The summed E-state index contributed by atoms with van der Waals surface area (Å²) in [5.41, 5.74) is 8.76. The van der Waals surface area contributed by atoms with Gasteiger partial charge in [-0.05, 0) is 45.1 Å². The van der Waals surface area contributed by atoms with Crippen molar-refractivity contribution in [1.29, 1.82) is 0 Å². The number of hydrogen-bond acceptors (Lipinski definition) is 2. The number of hydrogen-bond donors (Lipinski definition) is 1. The molecule has 0 atom stereocenters. The van der Waals surface area contributed by atoms with Crippen molar-refractivity contribution in [3.8, 4) is 0 Å². The molecule has 0 bridgehead atoms. The minimum Gasteiger partial charge on any atom is -0.384 e. The van der Waals surface area contributed by atoms with Crippen LogP contribution in [0.5, 0.6) is 0 Å². The smallest absolute Gasteiger partial charge is 0.127 e. The van der Waals surface area contributed by atoms with Crippen LogP contribution in [-0.4, -0.2) is 9.55 Å². The second-order valence-electron chi connectivity index (χ2n) is 6.03. The molecular formula is C17H23N3. The molecule has 2 N–H and O–H groups in total. The van der Waals surface area contributed by atoms with Gasteiger partial charge in [0, 0.05) is 12.0 Å². The maximum Gasteiger partial charge on any atom is 0.127 e. The molecule has 0 aliphatic heterocycles. The molecule has 1 aromatic heterocycles. The van der Waals surface area contributed by atoms with Crippen molar-refractivity contribution in [2.75, 3.05) is 5.73 Å². The van der Waals surface area contributed by atoms with Gasteiger partial charge < -0.3 is 10.3 Å². The summed E-state index contributed by atoms with van der Waals surface area (Å²) in [6, 6.07) is 10.9. The van der Waals surface area contributed by atoms with Gasteiger partial charge in [-0.25, -0.2) is 4.98 Å². The predicted molar refractivity (Wildman–Crippen MR) is 82.8 cm³/mol. The van der Waals surface area contributed by atoms with Gasteiger partial charge in [0.1, 0.15) is 11.6 Å². The van der Waals surface area contributed by atoms with Gasteiger partial charge in [-0.1, -0.05) is 30.3 Å². The normalized spacial score (nSPS) is 14.9. The predicted octanol–water partition coefficient (Wildman–Crippen LogP) is 3.71. The quantitative estimate of drug-likeness (QED) is 0.899. The molecule has 2 aromatic rings. The molecule has 0 radical (unpaired) electrons. The highest BCUT2D eigenvalue weighted by Gasteiger charge is 2.31. The van der Waals surface area contributed by atoms with Crippen LogP contribution in [0.4, 0.5) is 5.82 Å². The summed E-state index contributed by atoms with van der Waals surface area (Å²) in [4.78, 5) is 4.85. The van der Waals surface area contributed by atoms with E-state index in [4.69, 9.17) is 10.7 Å². The van der Waals surface area contributed by atoms with Gasteiger partial charge in [-0.15, -0.1) is 0 Å². The van der Waals surface area contributed by atoms with Crippen LogP contribution in [0.2, 0.25) is 0 Å². The van der Waals surface area contributed by atoms with E-state index in [2.05, 4.69) is 48.7 Å². The number of rotatable bonds is 5. The van der Waals surface area contributed by atoms with Crippen LogP contribution >= 0.6 is 0 Å². The number of anilines is 1. The van der Waals surface area contributed by atoms with Crippen molar-refractivity contribution < 1.29 is 0 Å². The number of nitrogens with zero attached hydrogens (tertiary/aromatic N) is 2. The summed E-state index contributed by atoms with van der Waals surface area (Å²) in [5, 5.41) is 0. The van der Waals surface area contributed by atoms with E-state index in [1.54, 1.807) is 0 Å². The third-order valence-corrected chi connectivity index (χ3v) is 4.00. The van der Waals surface area contributed by atoms with Crippen molar-refractivity contribution in [1.82, 2.24) is 9.55 Å². The van der Waals surface area contributed by atoms with E-state index < -0.39 is 0 Å². The molecule has 106 valence electrons.